The number of aryl methyl sites for hydroxylation is 1. The number of nitrogens with zero attached hydrogens (tertiary/aromatic N) is 6. The number of allylic oxidation sites excluding steroid dienone is 10. The van der Waals surface area contributed by atoms with Gasteiger partial charge in [-0.05, 0) is 178 Å². The molecule has 0 saturated carbocycles. The van der Waals surface area contributed by atoms with Crippen LogP contribution in [-0.4, -0.2) is 84.6 Å². The minimum Gasteiger partial charge on any atom is -0.512 e. The second kappa shape index (κ2) is 61.5. The van der Waals surface area contributed by atoms with Crippen molar-refractivity contribution in [2.75, 3.05) is 0 Å². The Hall–Kier alpha value is -14.8. The van der Waals surface area contributed by atoms with Crippen LogP contribution in [0.3, 0.4) is 0 Å². The average Bonchev–Trinajstić information content (AvgIpc) is 1.58. The van der Waals surface area contributed by atoms with Crippen LogP contribution in [0.1, 0.15) is 74.8 Å². The van der Waals surface area contributed by atoms with Gasteiger partial charge in [0.1, 0.15) is 0 Å². The van der Waals surface area contributed by atoms with Crippen LogP contribution in [0.15, 0.2) is 424 Å². The van der Waals surface area contributed by atoms with Crippen LogP contribution in [0.25, 0.3) is 166 Å². The Balaban J connectivity index is 0.000000260. The van der Waals surface area contributed by atoms with E-state index in [0.29, 0.717) is 5.69 Å². The zero-order valence-electron chi connectivity index (χ0n) is 81.9. The molecule has 0 fully saturated rings. The first-order valence-corrected chi connectivity index (χ1v) is 45.2. The van der Waals surface area contributed by atoms with Crippen molar-refractivity contribution < 1.29 is 159 Å². The summed E-state index contributed by atoms with van der Waals surface area (Å²) in [5.74, 6) is -1.63. The van der Waals surface area contributed by atoms with Gasteiger partial charge < -0.3 is 35.5 Å². The molecule has 0 saturated heterocycles. The van der Waals surface area contributed by atoms with E-state index < -0.39 is 11.6 Å². The standard InChI is InChI=1S/C25H16N.C22H16N.C21H12F2N.C21H12N.C10H7N2.5C5H8O2.5Ir/c1-3-12-20-18(8-1)10-5-14-22(20)24-16-7-17-26-25(24)23-15-6-11-19-9-2-4-13-21(19)23;1-16-9-5-6-12-18(16)22-15-20(17-10-3-2-4-11-17)19-13-7-8-14-21(19)23-22;22-15-10-11-17(19(23)12-15)21-13-18(14-6-2-1-3-7-14)16-8-4-5-9-20(16)24-21;1-2-7-15-14(6-1)17-8-5-9-18-16(11-12-19(15)21(17)18)20-10-3-4-13-22-20;1-2-5-9(6-3-1)10-7-4-8-11-12-10;5*1-4(6)3-5(2)7;;;;;/h1-14,16-17H;2-11,13-15H,1H3;1-10,12-13H;1-10,12-13H;1-5,7-8H;5*3,6H,1-2H3;;;;;/q5*-1;;;;;;;;;;. The molecule has 0 amide bonds. The average molecular weight is 2840 g/mol. The minimum absolute atomic E-state index is 0. The summed E-state index contributed by atoms with van der Waals surface area (Å²) in [5, 5.41) is 59.1. The molecule has 0 aliphatic heterocycles. The normalized spacial score (nSPS) is 10.7. The maximum Gasteiger partial charge on any atom is 0.155 e. The number of fused-ring (bicyclic) bond motifs is 7. The molecule has 0 unspecified atom stereocenters. The Morgan fingerprint density at radius 3 is 1.20 bits per heavy atom. The molecule has 19 aromatic rings. The predicted octanol–water partition coefficient (Wildman–Crippen LogP) is 30.3. The Labute approximate surface area is 922 Å². The van der Waals surface area contributed by atoms with E-state index in [2.05, 4.69) is 239 Å². The summed E-state index contributed by atoms with van der Waals surface area (Å²) in [5.41, 5.74) is 23.4. The van der Waals surface area contributed by atoms with Crippen molar-refractivity contribution in [1.29, 1.82) is 0 Å². The van der Waals surface area contributed by atoms with Crippen molar-refractivity contribution in [2.24, 2.45) is 0 Å². The van der Waals surface area contributed by atoms with Gasteiger partial charge >= 0.3 is 0 Å². The van der Waals surface area contributed by atoms with Gasteiger partial charge in [0.05, 0.1) is 39.8 Å². The van der Waals surface area contributed by atoms with Crippen LogP contribution in [0, 0.1) is 48.9 Å². The van der Waals surface area contributed by atoms with E-state index in [1.54, 1.807) is 6.20 Å². The summed E-state index contributed by atoms with van der Waals surface area (Å²) in [6.07, 6.45) is 11.2. The number of benzene rings is 14. The van der Waals surface area contributed by atoms with Gasteiger partial charge in [-0.15, -0.1) is 130 Å². The van der Waals surface area contributed by atoms with Gasteiger partial charge in [-0.2, -0.15) is 5.10 Å². The molecular weight excluding hydrogens is 2730 g/mol. The Kier molecular flexibility index (Phi) is 50.6. The Morgan fingerprint density at radius 1 is 0.293 bits per heavy atom. The van der Waals surface area contributed by atoms with Crippen LogP contribution in [0.5, 0.6) is 0 Å². The number of aliphatic hydroxyl groups is 5. The topological polar surface area (TPSA) is 264 Å². The third kappa shape index (κ3) is 36.1. The van der Waals surface area contributed by atoms with E-state index in [0.717, 1.165) is 90.3 Å². The second-order valence-electron chi connectivity index (χ2n) is 32.4. The molecule has 1 aliphatic carbocycles. The van der Waals surface area contributed by atoms with Crippen LogP contribution in [0.2, 0.25) is 0 Å². The van der Waals surface area contributed by atoms with E-state index in [9.17, 15) is 32.8 Å². The number of para-hydroxylation sites is 2. The van der Waals surface area contributed by atoms with Crippen molar-refractivity contribution in [3.8, 4) is 112 Å². The zero-order valence-corrected chi connectivity index (χ0v) is 93.9. The first kappa shape index (κ1) is 121. The Morgan fingerprint density at radius 2 is 0.707 bits per heavy atom. The van der Waals surface area contributed by atoms with E-state index in [4.69, 9.17) is 35.5 Å². The molecule has 23 heteroatoms. The van der Waals surface area contributed by atoms with E-state index in [1.807, 2.05) is 164 Å². The SMILES string of the molecule is CC(=O)C=C(C)O.CC(=O)C=C(C)O.CC(=O)C=C(C)O.CC(=O)C=C(C)O.CC(=O)C=C(C)O.Cc1ccc[c-]c1-c1cc(-c2ccccc2)c2ccccc2n1.Fc1c[c-]c(-c2cc(-c3ccccc3)c3ccccc3n2)c(F)c1.[Ir].[Ir].[Ir].[Ir].[Ir].[c-]1cc2c3c(cccc3c1-c1ccccn1)-c1ccccc1-2.[c-]1ccc2ccccc2c1-c1ncccc1-c1cccc2ccccc12.[c-]1ccccc1-c1cccnn1. The molecule has 0 spiro atoms. The molecule has 16 nitrogen and oxygen atoms in total. The third-order valence-electron chi connectivity index (χ3n) is 20.9. The van der Waals surface area contributed by atoms with Crippen molar-refractivity contribution in [1.82, 2.24) is 30.1 Å². The number of rotatable bonds is 13. The summed E-state index contributed by atoms with van der Waals surface area (Å²) in [7, 11) is 0. The van der Waals surface area contributed by atoms with Gasteiger partial charge in [-0.25, -0.2) is 5.10 Å². The van der Waals surface area contributed by atoms with Gasteiger partial charge in [-0.3, -0.25) is 42.7 Å². The fraction of sp³-hybridized carbons (Fsp3) is 0.0887. The first-order chi connectivity index (χ1) is 68.5. The number of hydrogen-bond acceptors (Lipinski definition) is 16. The van der Waals surface area contributed by atoms with Crippen LogP contribution >= 0.6 is 0 Å². The molecule has 0 atom stereocenters. The van der Waals surface area contributed by atoms with Crippen molar-refractivity contribution in [3.05, 3.63) is 471 Å². The molecule has 0 bridgehead atoms. The van der Waals surface area contributed by atoms with Crippen molar-refractivity contribution in [2.45, 2.75) is 76.2 Å². The molecule has 20 rings (SSSR count). The number of pyridine rings is 4. The molecular formula is C124H103F2Ir5N6O10-5. The number of aromatic nitrogens is 6. The number of carbonyl (C=O) groups is 5. The first-order valence-electron chi connectivity index (χ1n) is 45.2. The second-order valence-corrected chi connectivity index (χ2v) is 32.4. The molecule has 14 aromatic carbocycles. The van der Waals surface area contributed by atoms with Gasteiger partial charge in [0.2, 0.25) is 0 Å². The molecule has 5 N–H and O–H groups in total. The molecule has 147 heavy (non-hydrogen) atoms. The van der Waals surface area contributed by atoms with E-state index in [-0.39, 0.29) is 164 Å². The maximum absolute atomic E-state index is 14.2. The predicted molar refractivity (Wildman–Crippen MR) is 569 cm³/mol. The summed E-state index contributed by atoms with van der Waals surface area (Å²) in [6, 6.07) is 131. The number of halogens is 2. The van der Waals surface area contributed by atoms with Crippen LogP contribution in [0.4, 0.5) is 8.78 Å². The van der Waals surface area contributed by atoms with Gasteiger partial charge in [-0.1, -0.05) is 288 Å². The molecule has 1 aliphatic rings. The van der Waals surface area contributed by atoms with E-state index >= 15 is 0 Å². The quantitative estimate of drug-likeness (QED) is 0.0408. The van der Waals surface area contributed by atoms with Crippen LogP contribution < -0.4 is 0 Å². The molecule has 5 radical (unpaired) electrons. The molecule has 5 aromatic heterocycles. The molecule has 5 heterocycles. The van der Waals surface area contributed by atoms with Gasteiger partial charge in [0, 0.05) is 178 Å². The summed E-state index contributed by atoms with van der Waals surface area (Å²) < 4.78 is 27.3. The minimum atomic E-state index is -0.670. The van der Waals surface area contributed by atoms with Gasteiger partial charge in [0.25, 0.3) is 0 Å². The number of carbonyl (C=O) groups excluding carboxylic acids is 5. The monoisotopic (exact) mass is 2840 g/mol. The number of hydrogen-bond donors (Lipinski definition) is 5. The van der Waals surface area contributed by atoms with Gasteiger partial charge in [0.15, 0.2) is 28.9 Å². The smallest absolute Gasteiger partial charge is 0.155 e. The third-order valence-corrected chi connectivity index (χ3v) is 20.9. The van der Waals surface area contributed by atoms with Crippen molar-refractivity contribution in [3.63, 3.8) is 0 Å². The van der Waals surface area contributed by atoms with E-state index in [1.165, 1.54) is 182 Å². The summed E-state index contributed by atoms with van der Waals surface area (Å²) in [6.45, 7) is 16.3. The number of aliphatic hydroxyl groups excluding tert-OH is 5. The number of ketones is 5. The fourth-order valence-electron chi connectivity index (χ4n) is 15.3. The molecule has 753 valence electrons. The fourth-order valence-corrected chi connectivity index (χ4v) is 15.3. The summed E-state index contributed by atoms with van der Waals surface area (Å²) in [4.78, 5) is 68.7. The zero-order chi connectivity index (χ0) is 102. The largest absolute Gasteiger partial charge is 0.512 e. The Bertz CT molecular complexity index is 7460. The van der Waals surface area contributed by atoms with Crippen LogP contribution in [-0.2, 0) is 124 Å². The summed E-state index contributed by atoms with van der Waals surface area (Å²) >= 11 is 0. The maximum atomic E-state index is 14.2. The van der Waals surface area contributed by atoms with Crippen molar-refractivity contribution >= 4 is 83.0 Å².